The van der Waals surface area contributed by atoms with E-state index >= 15 is 0 Å². The maximum Gasteiger partial charge on any atom is 0.274 e. The number of benzene rings is 3. The van der Waals surface area contributed by atoms with Crippen LogP contribution in [-0.2, 0) is 26.2 Å². The Morgan fingerprint density at radius 3 is 2.21 bits per heavy atom. The fourth-order valence-corrected chi connectivity index (χ4v) is 6.66. The van der Waals surface area contributed by atoms with Gasteiger partial charge in [-0.3, -0.25) is 14.5 Å². The lowest BCUT2D eigenvalue weighted by atomic mass is 10.1. The highest BCUT2D eigenvalue weighted by Crippen LogP contribution is 2.46. The number of rotatable bonds is 4. The third-order valence-corrected chi connectivity index (χ3v) is 8.77. The second-order valence-electron chi connectivity index (χ2n) is 7.85. The Hall–Kier alpha value is -3.27. The van der Waals surface area contributed by atoms with E-state index in [1.807, 2.05) is 37.3 Å². The number of fused-ring (bicyclic) bond motifs is 1. The molecule has 0 atom stereocenters. The van der Waals surface area contributed by atoms with Gasteiger partial charge in [-0.15, -0.1) is 0 Å². The normalized spacial score (nSPS) is 18.1. The van der Waals surface area contributed by atoms with Gasteiger partial charge in [0.2, 0.25) is 0 Å². The van der Waals surface area contributed by atoms with Gasteiger partial charge in [0.05, 0.1) is 27.6 Å². The van der Waals surface area contributed by atoms with Gasteiger partial charge in [0.1, 0.15) is 4.32 Å². The lowest BCUT2D eigenvalue weighted by Gasteiger charge is -2.17. The van der Waals surface area contributed by atoms with Crippen molar-refractivity contribution in [3.8, 4) is 0 Å². The van der Waals surface area contributed by atoms with E-state index in [0.717, 1.165) is 27.2 Å². The second-order valence-corrected chi connectivity index (χ2v) is 11.3. The summed E-state index contributed by atoms with van der Waals surface area (Å²) in [7, 11) is -4.19. The van der Waals surface area contributed by atoms with Crippen molar-refractivity contribution in [2.75, 3.05) is 4.31 Å². The summed E-state index contributed by atoms with van der Waals surface area (Å²) >= 11 is 6.47. The molecule has 2 amide bonds. The van der Waals surface area contributed by atoms with Gasteiger partial charge in [0, 0.05) is 5.56 Å². The Labute approximate surface area is 206 Å². The van der Waals surface area contributed by atoms with E-state index in [4.69, 9.17) is 12.2 Å². The molecule has 34 heavy (non-hydrogen) atoms. The van der Waals surface area contributed by atoms with Crippen LogP contribution < -0.4 is 4.31 Å². The lowest BCUT2D eigenvalue weighted by Crippen LogP contribution is -2.34. The van der Waals surface area contributed by atoms with E-state index in [1.54, 1.807) is 36.4 Å². The monoisotopic (exact) mass is 506 g/mol. The smallest absolute Gasteiger partial charge is 0.274 e. The summed E-state index contributed by atoms with van der Waals surface area (Å²) in [5.74, 6) is -1.17. The highest BCUT2D eigenvalue weighted by atomic mass is 32.2. The van der Waals surface area contributed by atoms with Crippen LogP contribution in [-0.4, -0.2) is 29.5 Å². The van der Waals surface area contributed by atoms with Crippen molar-refractivity contribution in [2.45, 2.75) is 18.4 Å². The van der Waals surface area contributed by atoms with Crippen molar-refractivity contribution < 1.29 is 18.0 Å². The molecular weight excluding hydrogens is 488 g/mol. The molecule has 2 heterocycles. The van der Waals surface area contributed by atoms with Gasteiger partial charge in [-0.05, 0) is 30.7 Å². The topological polar surface area (TPSA) is 74.8 Å². The van der Waals surface area contributed by atoms with Crippen LogP contribution in [0.25, 0.3) is 5.57 Å². The minimum absolute atomic E-state index is 0.000806. The minimum atomic E-state index is -4.19. The van der Waals surface area contributed by atoms with Crippen LogP contribution in [0, 0.1) is 6.92 Å². The molecule has 1 saturated heterocycles. The van der Waals surface area contributed by atoms with E-state index in [9.17, 15) is 18.0 Å². The third-order valence-electron chi connectivity index (χ3n) is 5.61. The average Bonchev–Trinajstić information content (AvgIpc) is 3.27. The van der Waals surface area contributed by atoms with Crippen LogP contribution in [0.15, 0.2) is 88.7 Å². The number of nitrogens with zero attached hydrogens (tertiary/aromatic N) is 2. The molecular formula is C25H18N2O4S3. The van der Waals surface area contributed by atoms with Crippen molar-refractivity contribution in [1.82, 2.24) is 4.90 Å². The highest BCUT2D eigenvalue weighted by Gasteiger charge is 2.46. The van der Waals surface area contributed by atoms with Gasteiger partial charge in [0.15, 0.2) is 0 Å². The molecule has 2 aliphatic rings. The van der Waals surface area contributed by atoms with Crippen molar-refractivity contribution in [3.63, 3.8) is 0 Å². The minimum Gasteiger partial charge on any atom is -0.288 e. The maximum absolute atomic E-state index is 13.6. The van der Waals surface area contributed by atoms with E-state index in [-0.39, 0.29) is 27.6 Å². The summed E-state index contributed by atoms with van der Waals surface area (Å²) < 4.78 is 28.1. The van der Waals surface area contributed by atoms with Crippen LogP contribution in [0.2, 0.25) is 0 Å². The van der Waals surface area contributed by atoms with Gasteiger partial charge in [0.25, 0.3) is 21.8 Å². The molecule has 0 unspecified atom stereocenters. The number of carbonyl (C=O) groups excluding carboxylic acids is 2. The van der Waals surface area contributed by atoms with Crippen molar-refractivity contribution in [3.05, 3.63) is 100 Å². The van der Waals surface area contributed by atoms with Gasteiger partial charge >= 0.3 is 0 Å². The fraction of sp³-hybridized carbons (Fsp3) is 0.0800. The number of carbonyl (C=O) groups is 2. The number of thioether (sulfide) groups is 1. The summed E-state index contributed by atoms with van der Waals surface area (Å²) in [6.45, 7) is 2.12. The zero-order valence-corrected chi connectivity index (χ0v) is 20.4. The molecule has 0 aromatic heterocycles. The first-order chi connectivity index (χ1) is 16.3. The van der Waals surface area contributed by atoms with Crippen LogP contribution >= 0.6 is 24.0 Å². The number of amides is 2. The predicted octanol–water partition coefficient (Wildman–Crippen LogP) is 4.50. The summed E-state index contributed by atoms with van der Waals surface area (Å²) in [6.07, 6.45) is 0. The molecule has 170 valence electrons. The molecule has 0 spiro atoms. The predicted molar refractivity (Wildman–Crippen MR) is 136 cm³/mol. The van der Waals surface area contributed by atoms with E-state index in [2.05, 4.69) is 0 Å². The van der Waals surface area contributed by atoms with Crippen LogP contribution in [0.3, 0.4) is 0 Å². The Morgan fingerprint density at radius 1 is 0.853 bits per heavy atom. The molecule has 1 fully saturated rings. The molecule has 0 bridgehead atoms. The van der Waals surface area contributed by atoms with Gasteiger partial charge in [-0.25, -0.2) is 8.42 Å². The maximum atomic E-state index is 13.6. The Morgan fingerprint density at radius 2 is 1.50 bits per heavy atom. The molecule has 5 rings (SSSR count). The Balaban J connectivity index is 1.59. The van der Waals surface area contributed by atoms with Crippen LogP contribution in [0.5, 0.6) is 0 Å². The largest absolute Gasteiger partial charge is 0.288 e. The highest BCUT2D eigenvalue weighted by molar-refractivity contribution is 8.26. The molecule has 6 nitrogen and oxygen atoms in total. The number of para-hydroxylation sites is 1. The molecule has 3 aromatic carbocycles. The van der Waals surface area contributed by atoms with Crippen LogP contribution in [0.1, 0.15) is 16.7 Å². The number of anilines is 1. The van der Waals surface area contributed by atoms with E-state index < -0.39 is 21.8 Å². The third kappa shape index (κ3) is 3.66. The summed E-state index contributed by atoms with van der Waals surface area (Å²) in [4.78, 5) is 28.6. The van der Waals surface area contributed by atoms with Crippen LogP contribution in [0.4, 0.5) is 5.69 Å². The molecule has 0 N–H and O–H groups in total. The van der Waals surface area contributed by atoms with E-state index in [1.165, 1.54) is 17.0 Å². The average molecular weight is 507 g/mol. The first-order valence-electron chi connectivity index (χ1n) is 10.4. The zero-order chi connectivity index (χ0) is 24.0. The SMILES string of the molecule is Cc1ccc(S(=O)(=O)N2C(=O)/C(=C3\SC(=S)N(Cc4ccccc4)C3=O)c3ccccc32)cc1. The van der Waals surface area contributed by atoms with Crippen molar-refractivity contribution in [1.29, 1.82) is 0 Å². The summed E-state index contributed by atoms with van der Waals surface area (Å²) in [5, 5.41) is 0. The standard InChI is InChI=1S/C25H18N2O4S3/c1-16-11-13-18(14-12-16)34(30,31)27-20-10-6-5-9-19(20)21(23(27)28)22-24(29)26(25(32)33-22)15-17-7-3-2-4-8-17/h2-14H,15H2,1H3/b22-21-. The molecule has 9 heteroatoms. The number of hydrogen-bond donors (Lipinski definition) is 0. The van der Waals surface area contributed by atoms with Gasteiger partial charge in [-0.2, -0.15) is 4.31 Å². The van der Waals surface area contributed by atoms with Gasteiger partial charge < -0.3 is 0 Å². The second kappa shape index (κ2) is 8.50. The first-order valence-corrected chi connectivity index (χ1v) is 13.0. The number of hydrogen-bond acceptors (Lipinski definition) is 6. The fourth-order valence-electron chi connectivity index (χ4n) is 3.91. The van der Waals surface area contributed by atoms with Gasteiger partial charge in [-0.1, -0.05) is 90.2 Å². The van der Waals surface area contributed by atoms with E-state index in [0.29, 0.717) is 9.88 Å². The van der Waals surface area contributed by atoms with Crippen molar-refractivity contribution >= 4 is 61.4 Å². The Kier molecular flexibility index (Phi) is 5.63. The van der Waals surface area contributed by atoms with Crippen molar-refractivity contribution in [2.24, 2.45) is 0 Å². The molecule has 3 aromatic rings. The number of thiocarbonyl (C=S) groups is 1. The summed E-state index contributed by atoms with van der Waals surface area (Å²) in [5.41, 5.74) is 2.46. The molecule has 2 aliphatic heterocycles. The quantitative estimate of drug-likeness (QED) is 0.383. The Bertz CT molecular complexity index is 1480. The zero-order valence-electron chi connectivity index (χ0n) is 18.0. The molecule has 0 radical (unpaired) electrons. The number of sulfonamides is 1. The number of aryl methyl sites for hydroxylation is 1. The molecule has 0 saturated carbocycles. The molecule has 0 aliphatic carbocycles. The summed E-state index contributed by atoms with van der Waals surface area (Å²) in [6, 6.07) is 22.3. The first kappa shape index (κ1) is 22.5. The lowest BCUT2D eigenvalue weighted by molar-refractivity contribution is -0.122.